The third-order valence-electron chi connectivity index (χ3n) is 4.92. The summed E-state index contributed by atoms with van der Waals surface area (Å²) in [6.07, 6.45) is 2.94. The van der Waals surface area contributed by atoms with Gasteiger partial charge in [0.05, 0.1) is 23.3 Å². The summed E-state index contributed by atoms with van der Waals surface area (Å²) in [6.45, 7) is 2.68. The normalized spacial score (nSPS) is 16.5. The van der Waals surface area contributed by atoms with Gasteiger partial charge in [-0.2, -0.15) is 4.98 Å². The third kappa shape index (κ3) is 3.46. The Balaban J connectivity index is 0.00000180. The number of imidazole rings is 1. The Morgan fingerprint density at radius 3 is 2.96 bits per heavy atom. The van der Waals surface area contributed by atoms with Crippen molar-refractivity contribution in [3.05, 3.63) is 66.3 Å². The van der Waals surface area contributed by atoms with Gasteiger partial charge >= 0.3 is 0 Å². The Morgan fingerprint density at radius 2 is 2.07 bits per heavy atom. The van der Waals surface area contributed by atoms with E-state index in [9.17, 15) is 0 Å². The molecule has 0 aliphatic carbocycles. The summed E-state index contributed by atoms with van der Waals surface area (Å²) in [5.74, 6) is 1.72. The molecule has 0 bridgehead atoms. The van der Waals surface area contributed by atoms with E-state index in [2.05, 4.69) is 43.2 Å². The van der Waals surface area contributed by atoms with Crippen LogP contribution < -0.4 is 5.32 Å². The molecule has 4 aromatic rings. The van der Waals surface area contributed by atoms with Gasteiger partial charge in [0.2, 0.25) is 11.7 Å². The Labute approximate surface area is 163 Å². The van der Waals surface area contributed by atoms with Crippen molar-refractivity contribution >= 4 is 23.4 Å². The van der Waals surface area contributed by atoms with Gasteiger partial charge in [0.15, 0.2) is 0 Å². The average molecular weight is 382 g/mol. The number of hydrogen-bond donors (Lipinski definition) is 1. The number of benzene rings is 2. The minimum absolute atomic E-state index is 0. The number of nitrogens with zero attached hydrogens (tertiary/aromatic N) is 4. The third-order valence-corrected chi connectivity index (χ3v) is 4.92. The average Bonchev–Trinajstić information content (AvgIpc) is 3.43. The zero-order valence-electron chi connectivity index (χ0n) is 14.7. The molecule has 27 heavy (non-hydrogen) atoms. The van der Waals surface area contributed by atoms with Crippen LogP contribution in [0.25, 0.3) is 22.4 Å². The van der Waals surface area contributed by atoms with E-state index in [1.165, 1.54) is 5.56 Å². The fourth-order valence-electron chi connectivity index (χ4n) is 3.53. The van der Waals surface area contributed by atoms with Crippen molar-refractivity contribution in [1.29, 1.82) is 0 Å². The Morgan fingerprint density at radius 1 is 1.15 bits per heavy atom. The van der Waals surface area contributed by atoms with Gasteiger partial charge in [-0.15, -0.1) is 12.4 Å². The van der Waals surface area contributed by atoms with Crippen molar-refractivity contribution < 1.29 is 4.52 Å². The van der Waals surface area contributed by atoms with Crippen molar-refractivity contribution in [2.45, 2.75) is 18.9 Å². The maximum Gasteiger partial charge on any atom is 0.231 e. The van der Waals surface area contributed by atoms with Crippen LogP contribution in [-0.2, 0) is 6.54 Å². The number of aromatic nitrogens is 4. The predicted molar refractivity (Wildman–Crippen MR) is 106 cm³/mol. The van der Waals surface area contributed by atoms with Crippen LogP contribution in [0, 0.1) is 0 Å². The number of para-hydroxylation sites is 2. The molecule has 2 aromatic carbocycles. The summed E-state index contributed by atoms with van der Waals surface area (Å²) in [6, 6.07) is 16.5. The minimum atomic E-state index is 0. The van der Waals surface area contributed by atoms with Crippen molar-refractivity contribution in [3.8, 4) is 11.4 Å². The van der Waals surface area contributed by atoms with Crippen LogP contribution in [0.15, 0.2) is 59.4 Å². The van der Waals surface area contributed by atoms with E-state index in [-0.39, 0.29) is 12.4 Å². The lowest BCUT2D eigenvalue weighted by Crippen LogP contribution is -2.08. The van der Waals surface area contributed by atoms with Gasteiger partial charge in [-0.3, -0.25) is 0 Å². The first-order valence-corrected chi connectivity index (χ1v) is 8.90. The standard InChI is InChI=1S/C20H19N5O.ClH/c1-2-7-18-17(6-1)22-13-25(18)12-14-4-3-5-15(10-14)19-23-20(26-24-19)16-8-9-21-11-16;/h1-7,10,13,16,21H,8-9,11-12H2;1H/t16-;/m1./s1. The molecule has 1 N–H and O–H groups in total. The highest BCUT2D eigenvalue weighted by Crippen LogP contribution is 2.24. The van der Waals surface area contributed by atoms with E-state index in [0.717, 1.165) is 48.5 Å². The van der Waals surface area contributed by atoms with Crippen LogP contribution in [0.2, 0.25) is 0 Å². The van der Waals surface area contributed by atoms with Gasteiger partial charge in [0, 0.05) is 18.7 Å². The van der Waals surface area contributed by atoms with E-state index in [1.807, 2.05) is 36.7 Å². The van der Waals surface area contributed by atoms with Gasteiger partial charge in [-0.25, -0.2) is 4.98 Å². The lowest BCUT2D eigenvalue weighted by Gasteiger charge is -2.06. The van der Waals surface area contributed by atoms with Crippen molar-refractivity contribution in [3.63, 3.8) is 0 Å². The fraction of sp³-hybridized carbons (Fsp3) is 0.250. The maximum absolute atomic E-state index is 5.49. The predicted octanol–water partition coefficient (Wildman–Crippen LogP) is 3.63. The molecule has 0 unspecified atom stereocenters. The molecule has 6 nitrogen and oxygen atoms in total. The van der Waals surface area contributed by atoms with E-state index in [0.29, 0.717) is 11.7 Å². The molecule has 7 heteroatoms. The monoisotopic (exact) mass is 381 g/mol. The first-order chi connectivity index (χ1) is 12.9. The second-order valence-electron chi connectivity index (χ2n) is 6.71. The van der Waals surface area contributed by atoms with E-state index >= 15 is 0 Å². The highest BCUT2D eigenvalue weighted by molar-refractivity contribution is 5.85. The largest absolute Gasteiger partial charge is 0.339 e. The lowest BCUT2D eigenvalue weighted by molar-refractivity contribution is 0.359. The molecule has 2 aromatic heterocycles. The Bertz CT molecular complexity index is 1050. The van der Waals surface area contributed by atoms with Crippen LogP contribution >= 0.6 is 12.4 Å². The van der Waals surface area contributed by atoms with E-state index in [1.54, 1.807) is 0 Å². The zero-order valence-corrected chi connectivity index (χ0v) is 15.5. The smallest absolute Gasteiger partial charge is 0.231 e. The molecule has 1 atom stereocenters. The second kappa shape index (κ2) is 7.50. The fourth-order valence-corrected chi connectivity index (χ4v) is 3.53. The molecule has 0 spiro atoms. The molecule has 5 rings (SSSR count). The SMILES string of the molecule is Cl.c1cc(Cn2cnc3ccccc32)cc(-c2noc([C@@H]3CCNC3)n2)c1. The quantitative estimate of drug-likeness (QED) is 0.584. The molecule has 1 fully saturated rings. The maximum atomic E-state index is 5.49. The highest BCUT2D eigenvalue weighted by Gasteiger charge is 2.23. The minimum Gasteiger partial charge on any atom is -0.339 e. The number of halogens is 1. The highest BCUT2D eigenvalue weighted by atomic mass is 35.5. The van der Waals surface area contributed by atoms with Gasteiger partial charge < -0.3 is 14.4 Å². The number of hydrogen-bond acceptors (Lipinski definition) is 5. The zero-order chi connectivity index (χ0) is 17.3. The van der Waals surface area contributed by atoms with Gasteiger partial charge in [0.1, 0.15) is 0 Å². The molecular weight excluding hydrogens is 362 g/mol. The molecule has 3 heterocycles. The molecule has 0 amide bonds. The van der Waals surface area contributed by atoms with Crippen molar-refractivity contribution in [1.82, 2.24) is 25.0 Å². The Hall–Kier alpha value is -2.70. The van der Waals surface area contributed by atoms with Gasteiger partial charge in [-0.1, -0.05) is 35.5 Å². The summed E-state index contributed by atoms with van der Waals surface area (Å²) >= 11 is 0. The molecule has 1 saturated heterocycles. The molecule has 1 aliphatic heterocycles. The van der Waals surface area contributed by atoms with Crippen LogP contribution in [0.4, 0.5) is 0 Å². The Kier molecular flexibility index (Phi) is 4.92. The van der Waals surface area contributed by atoms with E-state index < -0.39 is 0 Å². The van der Waals surface area contributed by atoms with Gasteiger partial charge in [-0.05, 0) is 36.7 Å². The van der Waals surface area contributed by atoms with Crippen LogP contribution in [0.1, 0.15) is 23.8 Å². The molecule has 1 aliphatic rings. The lowest BCUT2D eigenvalue weighted by atomic mass is 10.1. The second-order valence-corrected chi connectivity index (χ2v) is 6.71. The van der Waals surface area contributed by atoms with E-state index in [4.69, 9.17) is 4.52 Å². The number of fused-ring (bicyclic) bond motifs is 1. The summed E-state index contributed by atoms with van der Waals surface area (Å²) in [5, 5.41) is 7.52. The molecular formula is C20H20ClN5O. The number of rotatable bonds is 4. The van der Waals surface area contributed by atoms with Crippen molar-refractivity contribution in [2.75, 3.05) is 13.1 Å². The summed E-state index contributed by atoms with van der Waals surface area (Å²) in [5.41, 5.74) is 4.30. The summed E-state index contributed by atoms with van der Waals surface area (Å²) in [7, 11) is 0. The molecule has 138 valence electrons. The van der Waals surface area contributed by atoms with Crippen molar-refractivity contribution in [2.24, 2.45) is 0 Å². The molecule has 0 saturated carbocycles. The summed E-state index contributed by atoms with van der Waals surface area (Å²) in [4.78, 5) is 9.07. The molecule has 0 radical (unpaired) electrons. The van der Waals surface area contributed by atoms with Crippen LogP contribution in [0.3, 0.4) is 0 Å². The summed E-state index contributed by atoms with van der Waals surface area (Å²) < 4.78 is 7.64. The topological polar surface area (TPSA) is 68.8 Å². The van der Waals surface area contributed by atoms with Crippen LogP contribution in [-0.4, -0.2) is 32.8 Å². The van der Waals surface area contributed by atoms with Crippen LogP contribution in [0.5, 0.6) is 0 Å². The van der Waals surface area contributed by atoms with Gasteiger partial charge in [0.25, 0.3) is 0 Å². The first-order valence-electron chi connectivity index (χ1n) is 8.90. The number of nitrogens with one attached hydrogen (secondary N) is 1. The first kappa shape index (κ1) is 17.7.